The maximum Gasteiger partial charge on any atom is 0.0522 e. The highest BCUT2D eigenvalue weighted by Gasteiger charge is 2.33. The Bertz CT molecular complexity index is 422. The first-order valence-corrected chi connectivity index (χ1v) is 8.80. The van der Waals surface area contributed by atoms with Crippen LogP contribution < -0.4 is 10.6 Å². The Balaban J connectivity index is 1.40. The molecule has 0 bridgehead atoms. The summed E-state index contributed by atoms with van der Waals surface area (Å²) in [5.74, 6) is 0.862. The van der Waals surface area contributed by atoms with E-state index in [1.807, 2.05) is 6.20 Å². The highest BCUT2D eigenvalue weighted by Crippen LogP contribution is 2.31. The van der Waals surface area contributed by atoms with Gasteiger partial charge in [-0.15, -0.1) is 0 Å². The van der Waals surface area contributed by atoms with Crippen molar-refractivity contribution < 1.29 is 0 Å². The number of hydrogen-bond acceptors (Lipinski definition) is 3. The maximum atomic E-state index is 4.10. The summed E-state index contributed by atoms with van der Waals surface area (Å²) in [4.78, 5) is 0. The fourth-order valence-electron chi connectivity index (χ4n) is 4.16. The van der Waals surface area contributed by atoms with Crippen LogP contribution in [-0.4, -0.2) is 35.4 Å². The van der Waals surface area contributed by atoms with Crippen LogP contribution in [0.2, 0.25) is 0 Å². The molecule has 1 saturated carbocycles. The second-order valence-electron chi connectivity index (χ2n) is 6.84. The summed E-state index contributed by atoms with van der Waals surface area (Å²) >= 11 is 0. The third-order valence-corrected chi connectivity index (χ3v) is 5.40. The van der Waals surface area contributed by atoms with Crippen LogP contribution in [0.3, 0.4) is 0 Å². The fourth-order valence-corrected chi connectivity index (χ4v) is 4.16. The minimum absolute atomic E-state index is 0.742. The average Bonchev–Trinajstić information content (AvgIpc) is 3.14. The second kappa shape index (κ2) is 7.41. The van der Waals surface area contributed by atoms with Gasteiger partial charge in [-0.25, -0.2) is 0 Å². The van der Waals surface area contributed by atoms with Gasteiger partial charge in [0.05, 0.1) is 6.20 Å². The molecule has 0 spiro atoms. The molecule has 2 aliphatic rings. The van der Waals surface area contributed by atoms with E-state index >= 15 is 0 Å². The summed E-state index contributed by atoms with van der Waals surface area (Å²) in [6, 6.07) is 1.51. The van der Waals surface area contributed by atoms with Crippen LogP contribution in [0.1, 0.15) is 56.2 Å². The van der Waals surface area contributed by atoms with Gasteiger partial charge in [-0.05, 0) is 70.0 Å². The number of nitrogens with zero attached hydrogens (tertiary/aromatic N) is 1. The lowest BCUT2D eigenvalue weighted by atomic mass is 9.88. The van der Waals surface area contributed by atoms with Gasteiger partial charge in [0, 0.05) is 17.8 Å². The SMILES string of the molecule is Cc1[nH]ncc1CCCNC1CCCC1C1CCCCN1. The average molecular weight is 290 g/mol. The molecule has 0 aromatic carbocycles. The molecule has 1 aromatic heterocycles. The number of rotatable bonds is 6. The van der Waals surface area contributed by atoms with E-state index in [0.717, 1.165) is 31.0 Å². The fraction of sp³-hybridized carbons (Fsp3) is 0.824. The molecule has 3 unspecified atom stereocenters. The molecule has 1 aliphatic heterocycles. The van der Waals surface area contributed by atoms with E-state index in [9.17, 15) is 0 Å². The summed E-state index contributed by atoms with van der Waals surface area (Å²) in [5, 5.41) is 14.7. The van der Waals surface area contributed by atoms with Crippen LogP contribution in [-0.2, 0) is 6.42 Å². The van der Waals surface area contributed by atoms with Gasteiger partial charge in [0.25, 0.3) is 0 Å². The number of H-pyrrole nitrogens is 1. The minimum Gasteiger partial charge on any atom is -0.314 e. The predicted molar refractivity (Wildman–Crippen MR) is 86.4 cm³/mol. The number of nitrogens with one attached hydrogen (secondary N) is 3. The van der Waals surface area contributed by atoms with Crippen molar-refractivity contribution in [1.29, 1.82) is 0 Å². The van der Waals surface area contributed by atoms with Crippen LogP contribution in [0, 0.1) is 12.8 Å². The van der Waals surface area contributed by atoms with E-state index in [1.54, 1.807) is 0 Å². The van der Waals surface area contributed by atoms with Gasteiger partial charge in [-0.2, -0.15) is 5.10 Å². The molecule has 4 heteroatoms. The van der Waals surface area contributed by atoms with Gasteiger partial charge in [0.1, 0.15) is 0 Å². The first-order chi connectivity index (χ1) is 10.3. The third kappa shape index (κ3) is 3.86. The Morgan fingerprint density at radius 3 is 2.95 bits per heavy atom. The lowest BCUT2D eigenvalue weighted by molar-refractivity contribution is 0.257. The highest BCUT2D eigenvalue weighted by molar-refractivity contribution is 5.14. The van der Waals surface area contributed by atoms with Crippen LogP contribution in [0.25, 0.3) is 0 Å². The van der Waals surface area contributed by atoms with E-state index in [1.165, 1.54) is 62.7 Å². The molecule has 3 N–H and O–H groups in total. The molecule has 2 heterocycles. The predicted octanol–water partition coefficient (Wildman–Crippen LogP) is 2.55. The molecule has 118 valence electrons. The van der Waals surface area contributed by atoms with Crippen LogP contribution in [0.5, 0.6) is 0 Å². The van der Waals surface area contributed by atoms with Crippen LogP contribution in [0.4, 0.5) is 0 Å². The monoisotopic (exact) mass is 290 g/mol. The van der Waals surface area contributed by atoms with Crippen molar-refractivity contribution in [3.05, 3.63) is 17.5 Å². The lowest BCUT2D eigenvalue weighted by Crippen LogP contribution is -2.47. The Hall–Kier alpha value is -0.870. The topological polar surface area (TPSA) is 52.7 Å². The molecular weight excluding hydrogens is 260 g/mol. The van der Waals surface area contributed by atoms with Crippen molar-refractivity contribution in [1.82, 2.24) is 20.8 Å². The number of piperidine rings is 1. The molecule has 3 atom stereocenters. The highest BCUT2D eigenvalue weighted by atomic mass is 15.1. The van der Waals surface area contributed by atoms with E-state index in [0.29, 0.717) is 0 Å². The summed E-state index contributed by atoms with van der Waals surface area (Å²) in [7, 11) is 0. The van der Waals surface area contributed by atoms with Crippen molar-refractivity contribution >= 4 is 0 Å². The molecule has 1 aromatic rings. The zero-order valence-electron chi connectivity index (χ0n) is 13.3. The van der Waals surface area contributed by atoms with Crippen molar-refractivity contribution in [3.63, 3.8) is 0 Å². The summed E-state index contributed by atoms with van der Waals surface area (Å²) in [5.41, 5.74) is 2.59. The standard InChI is InChI=1S/C17H30N4/c1-13-14(12-20-21-13)6-5-11-19-17-9-4-7-15(17)16-8-2-3-10-18-16/h12,15-19H,2-11H2,1H3,(H,20,21). The first-order valence-electron chi connectivity index (χ1n) is 8.80. The molecule has 21 heavy (non-hydrogen) atoms. The zero-order valence-corrected chi connectivity index (χ0v) is 13.3. The van der Waals surface area contributed by atoms with E-state index in [-0.39, 0.29) is 0 Å². The molecule has 3 rings (SSSR count). The largest absolute Gasteiger partial charge is 0.314 e. The first kappa shape index (κ1) is 15.0. The second-order valence-corrected chi connectivity index (χ2v) is 6.84. The summed E-state index contributed by atoms with van der Waals surface area (Å²) in [6.45, 7) is 4.48. The molecule has 1 saturated heterocycles. The zero-order chi connectivity index (χ0) is 14.5. The number of aromatic nitrogens is 2. The van der Waals surface area contributed by atoms with Crippen molar-refractivity contribution in [2.75, 3.05) is 13.1 Å². The normalized spacial score (nSPS) is 29.9. The van der Waals surface area contributed by atoms with E-state index < -0.39 is 0 Å². The molecule has 1 aliphatic carbocycles. The van der Waals surface area contributed by atoms with Crippen LogP contribution >= 0.6 is 0 Å². The van der Waals surface area contributed by atoms with Gasteiger partial charge in [-0.1, -0.05) is 12.8 Å². The molecule has 0 radical (unpaired) electrons. The Morgan fingerprint density at radius 1 is 1.24 bits per heavy atom. The van der Waals surface area contributed by atoms with Crippen LogP contribution in [0.15, 0.2) is 6.20 Å². The number of hydrogen-bond donors (Lipinski definition) is 3. The van der Waals surface area contributed by atoms with Crippen molar-refractivity contribution in [2.45, 2.75) is 70.4 Å². The molecule has 2 fully saturated rings. The Morgan fingerprint density at radius 2 is 2.19 bits per heavy atom. The lowest BCUT2D eigenvalue weighted by Gasteiger charge is -2.33. The van der Waals surface area contributed by atoms with E-state index in [4.69, 9.17) is 0 Å². The van der Waals surface area contributed by atoms with Gasteiger partial charge in [0.15, 0.2) is 0 Å². The Kier molecular flexibility index (Phi) is 5.31. The van der Waals surface area contributed by atoms with Gasteiger partial charge in [0.2, 0.25) is 0 Å². The molecule has 4 nitrogen and oxygen atoms in total. The third-order valence-electron chi connectivity index (χ3n) is 5.40. The van der Waals surface area contributed by atoms with Gasteiger partial charge < -0.3 is 10.6 Å². The van der Waals surface area contributed by atoms with E-state index in [2.05, 4.69) is 27.8 Å². The van der Waals surface area contributed by atoms with Crippen molar-refractivity contribution in [3.8, 4) is 0 Å². The quantitative estimate of drug-likeness (QED) is 0.706. The van der Waals surface area contributed by atoms with Crippen molar-refractivity contribution in [2.24, 2.45) is 5.92 Å². The number of aryl methyl sites for hydroxylation is 2. The Labute approximate surface area is 128 Å². The van der Waals surface area contributed by atoms with Gasteiger partial charge in [-0.3, -0.25) is 5.10 Å². The molecular formula is C17H30N4. The smallest absolute Gasteiger partial charge is 0.0522 e. The maximum absolute atomic E-state index is 4.10. The number of aromatic amines is 1. The van der Waals surface area contributed by atoms with Gasteiger partial charge >= 0.3 is 0 Å². The molecule has 0 amide bonds. The summed E-state index contributed by atoms with van der Waals surface area (Å²) in [6.07, 6.45) is 12.7. The summed E-state index contributed by atoms with van der Waals surface area (Å²) < 4.78 is 0. The minimum atomic E-state index is 0.742.